The molecule has 41 heavy (non-hydrogen) atoms. The number of halogens is 1. The van der Waals surface area contributed by atoms with Crippen molar-refractivity contribution in [1.82, 2.24) is 10.2 Å². The summed E-state index contributed by atoms with van der Waals surface area (Å²) in [5.41, 5.74) is 3.23. The van der Waals surface area contributed by atoms with Crippen LogP contribution in [0.2, 0.25) is 0 Å². The maximum atomic E-state index is 13.8. The zero-order valence-electron chi connectivity index (χ0n) is 24.2. The van der Waals surface area contributed by atoms with Crippen LogP contribution in [0.3, 0.4) is 0 Å². The molecule has 2 atom stereocenters. The van der Waals surface area contributed by atoms with E-state index in [1.54, 1.807) is 4.90 Å². The number of rotatable bonds is 14. The van der Waals surface area contributed by atoms with Crippen LogP contribution in [0.4, 0.5) is 10.1 Å². The number of amides is 2. The van der Waals surface area contributed by atoms with Crippen molar-refractivity contribution in [2.75, 3.05) is 17.1 Å². The number of nitrogens with one attached hydrogen (secondary N) is 1. The van der Waals surface area contributed by atoms with Gasteiger partial charge < -0.3 is 10.2 Å². The van der Waals surface area contributed by atoms with E-state index in [-0.39, 0.29) is 43.8 Å². The fourth-order valence-corrected chi connectivity index (χ4v) is 5.46. The summed E-state index contributed by atoms with van der Waals surface area (Å²) in [6, 6.07) is 21.8. The highest BCUT2D eigenvalue weighted by Crippen LogP contribution is 2.21. The number of aryl methyl sites for hydroxylation is 1. The summed E-state index contributed by atoms with van der Waals surface area (Å²) in [5, 5.41) is 3.05. The summed E-state index contributed by atoms with van der Waals surface area (Å²) in [6.07, 6.45) is 2.42. The molecule has 0 aliphatic carbocycles. The molecule has 0 radical (unpaired) electrons. The van der Waals surface area contributed by atoms with Crippen LogP contribution in [0, 0.1) is 12.7 Å². The molecule has 3 aromatic rings. The number of hydrogen-bond donors (Lipinski definition) is 1. The Hall–Kier alpha value is -3.72. The van der Waals surface area contributed by atoms with Crippen molar-refractivity contribution in [2.45, 2.75) is 65.1 Å². The van der Waals surface area contributed by atoms with Crippen LogP contribution >= 0.6 is 0 Å². The maximum absolute atomic E-state index is 13.8. The van der Waals surface area contributed by atoms with Gasteiger partial charge in [-0.1, -0.05) is 67.1 Å². The summed E-state index contributed by atoms with van der Waals surface area (Å²) >= 11 is 0. The third kappa shape index (κ3) is 9.70. The SMILES string of the molecule is CC[C@H](C)NC(=O)[C@H](Cc1ccccc1)N(Cc1ccc(C)cc1)C(=O)CCCN(c1ccc(F)cc1)S(C)(=O)=O. The number of hydrogen-bond acceptors (Lipinski definition) is 4. The Morgan fingerprint density at radius 3 is 2.15 bits per heavy atom. The second kappa shape index (κ2) is 14.8. The van der Waals surface area contributed by atoms with Crippen LogP contribution in [0.1, 0.15) is 49.8 Å². The van der Waals surface area contributed by atoms with Crippen molar-refractivity contribution in [1.29, 1.82) is 0 Å². The van der Waals surface area contributed by atoms with Gasteiger partial charge in [-0.2, -0.15) is 0 Å². The summed E-state index contributed by atoms with van der Waals surface area (Å²) in [6.45, 7) is 6.17. The van der Waals surface area contributed by atoms with Gasteiger partial charge in [0.05, 0.1) is 11.9 Å². The monoisotopic (exact) mass is 581 g/mol. The second-order valence-corrected chi connectivity index (χ2v) is 12.4. The Morgan fingerprint density at radius 1 is 0.927 bits per heavy atom. The van der Waals surface area contributed by atoms with Gasteiger partial charge in [0.2, 0.25) is 21.8 Å². The van der Waals surface area contributed by atoms with Crippen molar-refractivity contribution in [2.24, 2.45) is 0 Å². The smallest absolute Gasteiger partial charge is 0.243 e. The molecule has 0 aliphatic heterocycles. The molecule has 0 saturated heterocycles. The number of carbonyl (C=O) groups excluding carboxylic acids is 2. The van der Waals surface area contributed by atoms with Crippen molar-refractivity contribution in [3.63, 3.8) is 0 Å². The van der Waals surface area contributed by atoms with E-state index >= 15 is 0 Å². The van der Waals surface area contributed by atoms with Crippen LogP contribution < -0.4 is 9.62 Å². The molecule has 3 rings (SSSR count). The first-order chi connectivity index (χ1) is 19.5. The molecule has 0 aliphatic rings. The molecule has 0 saturated carbocycles. The zero-order valence-corrected chi connectivity index (χ0v) is 25.0. The van der Waals surface area contributed by atoms with E-state index in [1.165, 1.54) is 28.6 Å². The topological polar surface area (TPSA) is 86.8 Å². The summed E-state index contributed by atoms with van der Waals surface area (Å²) in [5.74, 6) is -0.949. The van der Waals surface area contributed by atoms with Crippen molar-refractivity contribution < 1.29 is 22.4 Å². The van der Waals surface area contributed by atoms with E-state index in [0.717, 1.165) is 29.4 Å². The quantitative estimate of drug-likeness (QED) is 0.282. The molecule has 0 spiro atoms. The molecular weight excluding hydrogens is 541 g/mol. The molecule has 3 aromatic carbocycles. The number of nitrogens with zero attached hydrogens (tertiary/aromatic N) is 2. The van der Waals surface area contributed by atoms with Crippen LogP contribution in [0.15, 0.2) is 78.9 Å². The molecular formula is C32H40FN3O4S. The van der Waals surface area contributed by atoms with E-state index in [0.29, 0.717) is 12.1 Å². The van der Waals surface area contributed by atoms with Crippen LogP contribution in [0.25, 0.3) is 0 Å². The standard InChI is InChI=1S/C32H40FN3O4S/c1-5-25(3)34-32(38)30(22-26-10-7-6-8-11-26)35(23-27-15-13-24(2)14-16-27)31(37)12-9-21-36(41(4,39)40)29-19-17-28(33)18-20-29/h6-8,10-11,13-20,25,30H,5,9,12,21-23H2,1-4H3,(H,34,38)/t25-,30-/m0/s1. The van der Waals surface area contributed by atoms with Gasteiger partial charge in [-0.15, -0.1) is 0 Å². The third-order valence-corrected chi connectivity index (χ3v) is 8.21. The largest absolute Gasteiger partial charge is 0.352 e. The summed E-state index contributed by atoms with van der Waals surface area (Å²) in [4.78, 5) is 29.1. The fourth-order valence-electron chi connectivity index (χ4n) is 4.50. The predicted octanol–water partition coefficient (Wildman–Crippen LogP) is 5.24. The lowest BCUT2D eigenvalue weighted by Gasteiger charge is -2.32. The number of benzene rings is 3. The minimum atomic E-state index is -3.67. The van der Waals surface area contributed by atoms with Gasteiger partial charge in [0.1, 0.15) is 11.9 Å². The van der Waals surface area contributed by atoms with Gasteiger partial charge in [-0.3, -0.25) is 13.9 Å². The first-order valence-electron chi connectivity index (χ1n) is 13.9. The fraction of sp³-hybridized carbons (Fsp3) is 0.375. The van der Waals surface area contributed by atoms with Crippen LogP contribution in [-0.4, -0.2) is 50.0 Å². The van der Waals surface area contributed by atoms with E-state index in [4.69, 9.17) is 0 Å². The second-order valence-electron chi connectivity index (χ2n) is 10.4. The van der Waals surface area contributed by atoms with Gasteiger partial charge in [0.25, 0.3) is 0 Å². The first-order valence-corrected chi connectivity index (χ1v) is 15.7. The minimum Gasteiger partial charge on any atom is -0.352 e. The van der Waals surface area contributed by atoms with E-state index < -0.39 is 21.9 Å². The number of anilines is 1. The van der Waals surface area contributed by atoms with E-state index in [2.05, 4.69) is 5.32 Å². The van der Waals surface area contributed by atoms with Crippen molar-refractivity contribution in [3.05, 3.63) is 101 Å². The van der Waals surface area contributed by atoms with Crippen LogP contribution in [-0.2, 0) is 32.6 Å². The lowest BCUT2D eigenvalue weighted by atomic mass is 10.0. The Kier molecular flexibility index (Phi) is 11.5. The molecule has 0 heterocycles. The van der Waals surface area contributed by atoms with Gasteiger partial charge in [-0.05, 0) is 62.1 Å². The van der Waals surface area contributed by atoms with Crippen molar-refractivity contribution in [3.8, 4) is 0 Å². The number of sulfonamides is 1. The molecule has 0 aromatic heterocycles. The molecule has 220 valence electrons. The van der Waals surface area contributed by atoms with Crippen molar-refractivity contribution >= 4 is 27.5 Å². The molecule has 7 nitrogen and oxygen atoms in total. The molecule has 0 fully saturated rings. The highest BCUT2D eigenvalue weighted by molar-refractivity contribution is 7.92. The van der Waals surface area contributed by atoms with Gasteiger partial charge >= 0.3 is 0 Å². The van der Waals surface area contributed by atoms with E-state index in [1.807, 2.05) is 75.4 Å². The summed E-state index contributed by atoms with van der Waals surface area (Å²) < 4.78 is 39.6. The highest BCUT2D eigenvalue weighted by atomic mass is 32.2. The molecule has 1 N–H and O–H groups in total. The van der Waals surface area contributed by atoms with E-state index in [9.17, 15) is 22.4 Å². The average molecular weight is 582 g/mol. The Labute approximate surface area is 243 Å². The van der Waals surface area contributed by atoms with Crippen LogP contribution in [0.5, 0.6) is 0 Å². The lowest BCUT2D eigenvalue weighted by Crippen LogP contribution is -2.52. The summed E-state index contributed by atoms with van der Waals surface area (Å²) in [7, 11) is -3.67. The number of carbonyl (C=O) groups is 2. The molecule has 2 amide bonds. The molecule has 0 unspecified atom stereocenters. The predicted molar refractivity (Wildman–Crippen MR) is 161 cm³/mol. The molecule has 9 heteroatoms. The normalized spacial score (nSPS) is 12.8. The zero-order chi connectivity index (χ0) is 30.0. The Morgan fingerprint density at radius 2 is 1.56 bits per heavy atom. The highest BCUT2D eigenvalue weighted by Gasteiger charge is 2.31. The van der Waals surface area contributed by atoms with Gasteiger partial charge in [0, 0.05) is 32.0 Å². The van der Waals surface area contributed by atoms with Gasteiger partial charge in [0.15, 0.2) is 0 Å². The Bertz CT molecular complexity index is 1380. The Balaban J connectivity index is 1.88. The average Bonchev–Trinajstić information content (AvgIpc) is 2.94. The lowest BCUT2D eigenvalue weighted by molar-refractivity contribution is -0.141. The first kappa shape index (κ1) is 31.8. The van der Waals surface area contributed by atoms with Gasteiger partial charge in [-0.25, -0.2) is 12.8 Å². The molecule has 0 bridgehead atoms. The third-order valence-electron chi connectivity index (χ3n) is 7.01. The maximum Gasteiger partial charge on any atom is 0.243 e. The minimum absolute atomic E-state index is 0.0287.